The molecule has 2 rings (SSSR count). The normalized spacial score (nSPS) is 19.3. The Kier molecular flexibility index (Phi) is 5.37. The highest BCUT2D eigenvalue weighted by molar-refractivity contribution is 7.99. The summed E-state index contributed by atoms with van der Waals surface area (Å²) in [6.45, 7) is 0.675. The largest absolute Gasteiger partial charge is 0.417 e. The van der Waals surface area contributed by atoms with Gasteiger partial charge in [-0.3, -0.25) is 0 Å². The van der Waals surface area contributed by atoms with Gasteiger partial charge in [-0.2, -0.15) is 24.9 Å². The zero-order valence-electron chi connectivity index (χ0n) is 11.4. The predicted octanol–water partition coefficient (Wildman–Crippen LogP) is 4.04. The molecule has 0 radical (unpaired) electrons. The first kappa shape index (κ1) is 16.4. The van der Waals surface area contributed by atoms with Gasteiger partial charge < -0.3 is 11.1 Å². The molecule has 7 heteroatoms. The summed E-state index contributed by atoms with van der Waals surface area (Å²) < 4.78 is 39.1. The van der Waals surface area contributed by atoms with Gasteiger partial charge >= 0.3 is 6.18 Å². The van der Waals surface area contributed by atoms with E-state index in [1.54, 1.807) is 6.07 Å². The van der Waals surface area contributed by atoms with Crippen molar-refractivity contribution in [3.05, 3.63) is 29.3 Å². The molecule has 1 aliphatic rings. The lowest BCUT2D eigenvalue weighted by molar-refractivity contribution is -0.137. The molecule has 1 fully saturated rings. The molecule has 1 atom stereocenters. The highest BCUT2D eigenvalue weighted by atomic mass is 32.2. The number of rotatable bonds is 4. The average molecular weight is 334 g/mol. The number of hydrogen-bond acceptors (Lipinski definition) is 3. The van der Waals surface area contributed by atoms with Crippen molar-refractivity contribution in [1.82, 2.24) is 0 Å². The van der Waals surface area contributed by atoms with Crippen LogP contribution in [0.1, 0.15) is 30.4 Å². The molecular weight excluding hydrogens is 317 g/mol. The van der Waals surface area contributed by atoms with Crippen LogP contribution < -0.4 is 11.1 Å². The summed E-state index contributed by atoms with van der Waals surface area (Å²) in [6, 6.07) is 4.01. The first-order valence-electron chi connectivity index (χ1n) is 6.74. The Hall–Kier alpha value is -0.950. The molecule has 116 valence electrons. The molecular formula is C14H17F3N2S2. The third-order valence-electron chi connectivity index (χ3n) is 3.40. The number of hydrogen-bond donors (Lipinski definition) is 2. The van der Waals surface area contributed by atoms with Crippen molar-refractivity contribution in [1.29, 1.82) is 0 Å². The number of nitrogens with two attached hydrogens (primary N) is 1. The maximum Gasteiger partial charge on any atom is 0.417 e. The summed E-state index contributed by atoms with van der Waals surface area (Å²) in [5.74, 6) is 1.13. The van der Waals surface area contributed by atoms with E-state index < -0.39 is 11.7 Å². The summed E-state index contributed by atoms with van der Waals surface area (Å²) in [5.41, 5.74) is 4.90. The molecule has 1 aromatic carbocycles. The fourth-order valence-corrected chi connectivity index (χ4v) is 3.72. The molecule has 0 amide bonds. The summed E-state index contributed by atoms with van der Waals surface area (Å²) in [7, 11) is 0. The van der Waals surface area contributed by atoms with Crippen molar-refractivity contribution in [3.8, 4) is 0 Å². The summed E-state index contributed by atoms with van der Waals surface area (Å²) in [4.78, 5) is -0.239. The average Bonchev–Trinajstić information content (AvgIpc) is 2.45. The molecule has 21 heavy (non-hydrogen) atoms. The second-order valence-corrected chi connectivity index (χ2v) is 6.84. The molecule has 1 saturated heterocycles. The third-order valence-corrected chi connectivity index (χ3v) is 5.02. The van der Waals surface area contributed by atoms with E-state index in [0.717, 1.165) is 18.2 Å². The topological polar surface area (TPSA) is 38.0 Å². The number of benzene rings is 1. The molecule has 0 bridgehead atoms. The van der Waals surface area contributed by atoms with Crippen LogP contribution in [0.4, 0.5) is 18.9 Å². The molecule has 0 aromatic heterocycles. The van der Waals surface area contributed by atoms with Crippen LogP contribution in [0.25, 0.3) is 0 Å². The van der Waals surface area contributed by atoms with Gasteiger partial charge in [0, 0.05) is 23.0 Å². The van der Waals surface area contributed by atoms with E-state index in [1.807, 2.05) is 11.8 Å². The quantitative estimate of drug-likeness (QED) is 0.815. The van der Waals surface area contributed by atoms with Crippen LogP contribution in [0.3, 0.4) is 0 Å². The number of alkyl halides is 3. The van der Waals surface area contributed by atoms with E-state index in [2.05, 4.69) is 17.5 Å². The molecule has 3 N–H and O–H groups in total. The van der Waals surface area contributed by atoms with Crippen LogP contribution in [-0.4, -0.2) is 22.5 Å². The number of nitrogens with one attached hydrogen (secondary N) is 1. The molecule has 1 aliphatic heterocycles. The standard InChI is InChI=1S/C14H17F3N2S2/c15-14(16,17)12-7-9(4-5-11(12)13(18)20)19-8-10-3-1-2-6-21-10/h4-5,7,10,19H,1-3,6,8H2,(H2,18,20). The third kappa shape index (κ3) is 4.51. The van der Waals surface area contributed by atoms with Gasteiger partial charge in [-0.05, 0) is 36.8 Å². The lowest BCUT2D eigenvalue weighted by atomic mass is 10.1. The summed E-state index contributed by atoms with van der Waals surface area (Å²) in [5, 5.41) is 3.55. The molecule has 2 nitrogen and oxygen atoms in total. The Bertz CT molecular complexity index is 511. The Morgan fingerprint density at radius 3 is 2.71 bits per heavy atom. The van der Waals surface area contributed by atoms with Crippen LogP contribution in [0.15, 0.2) is 18.2 Å². The second kappa shape index (κ2) is 6.87. The maximum atomic E-state index is 13.0. The van der Waals surface area contributed by atoms with Crippen molar-refractivity contribution in [3.63, 3.8) is 0 Å². The predicted molar refractivity (Wildman–Crippen MR) is 85.9 cm³/mol. The highest BCUT2D eigenvalue weighted by Crippen LogP contribution is 2.34. The first-order valence-corrected chi connectivity index (χ1v) is 8.20. The van der Waals surface area contributed by atoms with Crippen molar-refractivity contribution in [2.75, 3.05) is 17.6 Å². The van der Waals surface area contributed by atoms with E-state index in [9.17, 15) is 13.2 Å². The molecule has 1 heterocycles. The summed E-state index contributed by atoms with van der Waals surface area (Å²) >= 11 is 6.56. The minimum absolute atomic E-state index is 0.130. The minimum atomic E-state index is -4.46. The van der Waals surface area contributed by atoms with Gasteiger partial charge in [0.05, 0.1) is 5.56 Å². The van der Waals surface area contributed by atoms with Crippen LogP contribution in [0.2, 0.25) is 0 Å². The van der Waals surface area contributed by atoms with Crippen molar-refractivity contribution >= 4 is 34.7 Å². The van der Waals surface area contributed by atoms with Gasteiger partial charge in [0.15, 0.2) is 0 Å². The first-order chi connectivity index (χ1) is 9.88. The molecule has 1 unspecified atom stereocenters. The lowest BCUT2D eigenvalue weighted by Gasteiger charge is -2.22. The zero-order chi connectivity index (χ0) is 15.5. The van der Waals surface area contributed by atoms with Crippen LogP contribution in [-0.2, 0) is 6.18 Å². The van der Waals surface area contributed by atoms with Crippen molar-refractivity contribution in [2.45, 2.75) is 30.7 Å². The molecule has 0 saturated carbocycles. The maximum absolute atomic E-state index is 13.0. The van der Waals surface area contributed by atoms with Crippen LogP contribution in [0.5, 0.6) is 0 Å². The summed E-state index contributed by atoms with van der Waals surface area (Å²) in [6.07, 6.45) is -0.944. The smallest absolute Gasteiger partial charge is 0.389 e. The van der Waals surface area contributed by atoms with Gasteiger partial charge in [0.25, 0.3) is 0 Å². The van der Waals surface area contributed by atoms with Gasteiger partial charge in [0.2, 0.25) is 0 Å². The van der Waals surface area contributed by atoms with Gasteiger partial charge in [-0.15, -0.1) is 0 Å². The number of halogens is 3. The van der Waals surface area contributed by atoms with E-state index in [-0.39, 0.29) is 10.6 Å². The van der Waals surface area contributed by atoms with Crippen LogP contribution in [0, 0.1) is 0 Å². The van der Waals surface area contributed by atoms with Crippen molar-refractivity contribution in [2.24, 2.45) is 5.73 Å². The van der Waals surface area contributed by atoms with E-state index in [4.69, 9.17) is 5.73 Å². The highest BCUT2D eigenvalue weighted by Gasteiger charge is 2.34. The number of thiocarbonyl (C=S) groups is 1. The molecule has 0 aliphatic carbocycles. The SMILES string of the molecule is NC(=S)c1ccc(NCC2CCCCS2)cc1C(F)(F)F. The number of thioether (sulfide) groups is 1. The Labute approximate surface area is 131 Å². The fourth-order valence-electron chi connectivity index (χ4n) is 2.30. The molecule has 0 spiro atoms. The van der Waals surface area contributed by atoms with E-state index >= 15 is 0 Å². The van der Waals surface area contributed by atoms with E-state index in [0.29, 0.717) is 17.5 Å². The Morgan fingerprint density at radius 2 is 2.14 bits per heavy atom. The zero-order valence-corrected chi connectivity index (χ0v) is 13.0. The van der Waals surface area contributed by atoms with Crippen LogP contribution >= 0.6 is 24.0 Å². The van der Waals surface area contributed by atoms with E-state index in [1.165, 1.54) is 18.9 Å². The number of anilines is 1. The fraction of sp³-hybridized carbons (Fsp3) is 0.500. The molecule has 1 aromatic rings. The minimum Gasteiger partial charge on any atom is -0.389 e. The second-order valence-electron chi connectivity index (χ2n) is 4.99. The lowest BCUT2D eigenvalue weighted by Crippen LogP contribution is -2.21. The van der Waals surface area contributed by atoms with Gasteiger partial charge in [-0.25, -0.2) is 0 Å². The van der Waals surface area contributed by atoms with Gasteiger partial charge in [0.1, 0.15) is 4.99 Å². The Morgan fingerprint density at radius 1 is 1.38 bits per heavy atom. The monoisotopic (exact) mass is 334 g/mol. The van der Waals surface area contributed by atoms with Gasteiger partial charge in [-0.1, -0.05) is 18.6 Å². The van der Waals surface area contributed by atoms with Crippen molar-refractivity contribution < 1.29 is 13.2 Å². The Balaban J connectivity index is 2.11.